The van der Waals surface area contributed by atoms with Crippen molar-refractivity contribution >= 4 is 11.6 Å². The molecule has 3 aliphatic rings. The minimum atomic E-state index is 0.173. The van der Waals surface area contributed by atoms with Crippen LogP contribution < -0.4 is 15.1 Å². The Morgan fingerprint density at radius 1 is 0.885 bits per heavy atom. The summed E-state index contributed by atoms with van der Waals surface area (Å²) in [6, 6.07) is 8.51. The molecule has 1 amide bonds. The van der Waals surface area contributed by atoms with Crippen molar-refractivity contribution in [3.05, 3.63) is 29.8 Å². The molecule has 1 saturated carbocycles. The molecule has 1 unspecified atom stereocenters. The van der Waals surface area contributed by atoms with Crippen LogP contribution in [0.4, 0.5) is 5.69 Å². The van der Waals surface area contributed by atoms with Crippen molar-refractivity contribution in [1.29, 1.82) is 0 Å². The lowest BCUT2D eigenvalue weighted by atomic mass is 9.75. The van der Waals surface area contributed by atoms with Crippen LogP contribution in [-0.2, 0) is 11.3 Å². The molecule has 0 aromatic heterocycles. The number of carbonyl (C=O) groups is 1. The van der Waals surface area contributed by atoms with Crippen LogP contribution in [0.2, 0.25) is 0 Å². The SMILES string of the molecule is O=C(C[NH+]1CC[C@@H]2CCCC[C@@H]2C1)Nc1ccc(C[NH+]2CCCC2)cc1. The predicted molar refractivity (Wildman–Crippen MR) is 104 cm³/mol. The van der Waals surface area contributed by atoms with Crippen LogP contribution in [0, 0.1) is 11.8 Å². The van der Waals surface area contributed by atoms with Gasteiger partial charge in [0.2, 0.25) is 0 Å². The summed E-state index contributed by atoms with van der Waals surface area (Å²) < 4.78 is 0. The average molecular weight is 358 g/mol. The molecule has 3 atom stereocenters. The molecule has 2 heterocycles. The van der Waals surface area contributed by atoms with Gasteiger partial charge in [0.25, 0.3) is 5.91 Å². The molecule has 0 bridgehead atoms. The van der Waals surface area contributed by atoms with Gasteiger partial charge in [-0.3, -0.25) is 4.79 Å². The number of carbonyl (C=O) groups excluding carboxylic acids is 1. The van der Waals surface area contributed by atoms with Gasteiger partial charge in [0.1, 0.15) is 6.54 Å². The van der Waals surface area contributed by atoms with E-state index in [0.717, 1.165) is 24.1 Å². The van der Waals surface area contributed by atoms with Crippen molar-refractivity contribution in [2.45, 2.75) is 51.5 Å². The summed E-state index contributed by atoms with van der Waals surface area (Å²) in [7, 11) is 0. The second kappa shape index (κ2) is 8.53. The summed E-state index contributed by atoms with van der Waals surface area (Å²) in [5.41, 5.74) is 2.33. The number of piperidine rings is 1. The van der Waals surface area contributed by atoms with Crippen LogP contribution in [-0.4, -0.2) is 38.6 Å². The topological polar surface area (TPSA) is 38.0 Å². The van der Waals surface area contributed by atoms with Gasteiger partial charge in [-0.2, -0.15) is 0 Å². The number of nitrogens with one attached hydrogen (secondary N) is 3. The van der Waals surface area contributed by atoms with Crippen molar-refractivity contribution in [2.75, 3.05) is 38.0 Å². The van der Waals surface area contributed by atoms with Gasteiger partial charge in [0.05, 0.1) is 26.2 Å². The first kappa shape index (κ1) is 18.0. The van der Waals surface area contributed by atoms with Crippen molar-refractivity contribution in [2.24, 2.45) is 11.8 Å². The van der Waals surface area contributed by atoms with Gasteiger partial charge in [0, 0.05) is 30.0 Å². The highest BCUT2D eigenvalue weighted by Gasteiger charge is 2.34. The largest absolute Gasteiger partial charge is 0.331 e. The minimum absolute atomic E-state index is 0.173. The number of quaternary nitrogens is 2. The molecule has 2 saturated heterocycles. The molecule has 1 aromatic carbocycles. The lowest BCUT2D eigenvalue weighted by Crippen LogP contribution is -3.15. The quantitative estimate of drug-likeness (QED) is 0.720. The van der Waals surface area contributed by atoms with E-state index < -0.39 is 0 Å². The Kier molecular flexibility index (Phi) is 5.91. The van der Waals surface area contributed by atoms with Gasteiger partial charge < -0.3 is 15.1 Å². The van der Waals surface area contributed by atoms with E-state index in [1.807, 2.05) is 0 Å². The third-order valence-corrected chi connectivity index (χ3v) is 6.90. The lowest BCUT2D eigenvalue weighted by molar-refractivity contribution is -0.902. The van der Waals surface area contributed by atoms with Crippen LogP contribution in [0.25, 0.3) is 0 Å². The first-order valence-corrected chi connectivity index (χ1v) is 10.8. The third kappa shape index (κ3) is 4.66. The van der Waals surface area contributed by atoms with Gasteiger partial charge in [-0.1, -0.05) is 25.0 Å². The van der Waals surface area contributed by atoms with Crippen LogP contribution in [0.5, 0.6) is 0 Å². The number of hydrogen-bond acceptors (Lipinski definition) is 1. The second-order valence-corrected chi connectivity index (χ2v) is 8.85. The Balaban J connectivity index is 1.24. The zero-order chi connectivity index (χ0) is 17.8. The molecule has 3 N–H and O–H groups in total. The standard InChI is InChI=1S/C22H33N3O/c26-22(17-25-14-11-19-5-1-2-6-20(19)16-25)23-21-9-7-18(8-10-21)15-24-12-3-4-13-24/h7-10,19-20H,1-6,11-17H2,(H,23,26)/p+2/t19-,20+/m0/s1. The highest BCUT2D eigenvalue weighted by molar-refractivity contribution is 5.91. The summed E-state index contributed by atoms with van der Waals surface area (Å²) in [6.45, 7) is 6.73. The van der Waals surface area contributed by atoms with E-state index in [0.29, 0.717) is 6.54 Å². The first-order valence-electron chi connectivity index (χ1n) is 10.8. The first-order chi connectivity index (χ1) is 12.8. The second-order valence-electron chi connectivity index (χ2n) is 8.85. The van der Waals surface area contributed by atoms with E-state index in [9.17, 15) is 4.79 Å². The highest BCUT2D eigenvalue weighted by Crippen LogP contribution is 2.32. The molecule has 4 rings (SSSR count). The number of fused-ring (bicyclic) bond motifs is 1. The number of rotatable bonds is 5. The molecular weight excluding hydrogens is 322 g/mol. The molecule has 0 radical (unpaired) electrons. The van der Waals surface area contributed by atoms with Crippen LogP contribution in [0.15, 0.2) is 24.3 Å². The fourth-order valence-electron chi connectivity index (χ4n) is 5.43. The minimum Gasteiger partial charge on any atom is -0.331 e. The van der Waals surface area contributed by atoms with Crippen molar-refractivity contribution < 1.29 is 14.6 Å². The normalized spacial score (nSPS) is 29.3. The fourth-order valence-corrected chi connectivity index (χ4v) is 5.43. The Morgan fingerprint density at radius 2 is 1.62 bits per heavy atom. The molecule has 1 aromatic rings. The van der Waals surface area contributed by atoms with E-state index >= 15 is 0 Å². The molecule has 4 heteroatoms. The fraction of sp³-hybridized carbons (Fsp3) is 0.682. The average Bonchev–Trinajstić information content (AvgIpc) is 3.16. The Hall–Kier alpha value is -1.39. The zero-order valence-corrected chi connectivity index (χ0v) is 16.1. The summed E-state index contributed by atoms with van der Waals surface area (Å²) in [5, 5.41) is 3.12. The molecule has 26 heavy (non-hydrogen) atoms. The van der Waals surface area contributed by atoms with E-state index in [4.69, 9.17) is 0 Å². The predicted octanol–water partition coefficient (Wildman–Crippen LogP) is 0.899. The van der Waals surface area contributed by atoms with E-state index in [1.165, 1.54) is 81.6 Å². The summed E-state index contributed by atoms with van der Waals surface area (Å²) in [4.78, 5) is 15.6. The Morgan fingerprint density at radius 3 is 2.38 bits per heavy atom. The van der Waals surface area contributed by atoms with Crippen molar-refractivity contribution in [3.8, 4) is 0 Å². The maximum absolute atomic E-state index is 12.5. The molecular formula is C22H35N3O+2. The van der Waals surface area contributed by atoms with Crippen LogP contribution in [0.3, 0.4) is 0 Å². The number of hydrogen-bond donors (Lipinski definition) is 3. The monoisotopic (exact) mass is 357 g/mol. The van der Waals surface area contributed by atoms with Crippen molar-refractivity contribution in [3.63, 3.8) is 0 Å². The van der Waals surface area contributed by atoms with E-state index in [2.05, 4.69) is 29.6 Å². The van der Waals surface area contributed by atoms with Crippen LogP contribution >= 0.6 is 0 Å². The van der Waals surface area contributed by atoms with E-state index in [1.54, 1.807) is 4.90 Å². The summed E-state index contributed by atoms with van der Waals surface area (Å²) in [6.07, 6.45) is 9.68. The van der Waals surface area contributed by atoms with Gasteiger partial charge in [-0.05, 0) is 37.3 Å². The maximum atomic E-state index is 12.5. The summed E-state index contributed by atoms with van der Waals surface area (Å²) in [5.74, 6) is 1.99. The molecule has 2 aliphatic heterocycles. The summed E-state index contributed by atoms with van der Waals surface area (Å²) >= 11 is 0. The molecule has 4 nitrogen and oxygen atoms in total. The highest BCUT2D eigenvalue weighted by atomic mass is 16.2. The number of likely N-dealkylation sites (tertiary alicyclic amines) is 2. The smallest absolute Gasteiger partial charge is 0.279 e. The van der Waals surface area contributed by atoms with Crippen LogP contribution in [0.1, 0.15) is 50.5 Å². The Bertz CT molecular complexity index is 594. The van der Waals surface area contributed by atoms with E-state index in [-0.39, 0.29) is 5.91 Å². The maximum Gasteiger partial charge on any atom is 0.279 e. The van der Waals surface area contributed by atoms with Gasteiger partial charge in [0.15, 0.2) is 6.54 Å². The lowest BCUT2D eigenvalue weighted by Gasteiger charge is -2.38. The molecule has 3 fully saturated rings. The molecule has 1 aliphatic carbocycles. The van der Waals surface area contributed by atoms with Gasteiger partial charge in [-0.25, -0.2) is 0 Å². The number of amides is 1. The number of anilines is 1. The number of benzene rings is 1. The molecule has 0 spiro atoms. The van der Waals surface area contributed by atoms with Gasteiger partial charge >= 0.3 is 0 Å². The third-order valence-electron chi connectivity index (χ3n) is 6.90. The Labute approximate surface area is 157 Å². The van der Waals surface area contributed by atoms with Crippen molar-refractivity contribution in [1.82, 2.24) is 0 Å². The van der Waals surface area contributed by atoms with Gasteiger partial charge in [-0.15, -0.1) is 0 Å². The zero-order valence-electron chi connectivity index (χ0n) is 16.1. The molecule has 142 valence electrons.